The first-order chi connectivity index (χ1) is 13.6. The molecule has 0 fully saturated rings. The number of rotatable bonds is 4. The SMILES string of the molecule is Cc1cc(C(=O)Nc2ccc3c(c2)OCCO3)nc(Nc2ccccc2Cl)n1. The number of carbonyl (C=O) groups excluding carboxylic acids is 1. The van der Waals surface area contributed by atoms with Gasteiger partial charge in [0.15, 0.2) is 11.5 Å². The number of hydrogen-bond donors (Lipinski definition) is 2. The Hall–Kier alpha value is -3.32. The molecule has 7 nitrogen and oxygen atoms in total. The van der Waals surface area contributed by atoms with E-state index in [1.807, 2.05) is 18.2 Å². The van der Waals surface area contributed by atoms with Crippen LogP contribution in [0.25, 0.3) is 0 Å². The van der Waals surface area contributed by atoms with E-state index in [0.29, 0.717) is 52.8 Å². The van der Waals surface area contributed by atoms with Crippen molar-refractivity contribution in [2.45, 2.75) is 6.92 Å². The van der Waals surface area contributed by atoms with Crippen LogP contribution in [0.5, 0.6) is 11.5 Å². The second-order valence-electron chi connectivity index (χ2n) is 6.14. The van der Waals surface area contributed by atoms with Gasteiger partial charge < -0.3 is 20.1 Å². The van der Waals surface area contributed by atoms with Gasteiger partial charge in [-0.2, -0.15) is 0 Å². The van der Waals surface area contributed by atoms with Gasteiger partial charge in [-0.25, -0.2) is 9.97 Å². The number of aryl methyl sites for hydroxylation is 1. The second-order valence-corrected chi connectivity index (χ2v) is 6.54. The van der Waals surface area contributed by atoms with Gasteiger partial charge in [0.05, 0.1) is 10.7 Å². The minimum absolute atomic E-state index is 0.233. The van der Waals surface area contributed by atoms with Crippen LogP contribution >= 0.6 is 11.6 Å². The molecule has 2 heterocycles. The van der Waals surface area contributed by atoms with E-state index in [9.17, 15) is 4.79 Å². The molecule has 4 rings (SSSR count). The lowest BCUT2D eigenvalue weighted by Gasteiger charge is -2.19. The van der Waals surface area contributed by atoms with Crippen LogP contribution in [0.1, 0.15) is 16.2 Å². The van der Waals surface area contributed by atoms with E-state index in [4.69, 9.17) is 21.1 Å². The number of halogens is 1. The lowest BCUT2D eigenvalue weighted by Crippen LogP contribution is -2.17. The van der Waals surface area contributed by atoms with Crippen molar-refractivity contribution in [3.05, 3.63) is 64.9 Å². The number of carbonyl (C=O) groups is 1. The Morgan fingerprint density at radius 2 is 1.82 bits per heavy atom. The number of anilines is 3. The summed E-state index contributed by atoms with van der Waals surface area (Å²) >= 11 is 6.16. The zero-order valence-electron chi connectivity index (χ0n) is 15.0. The predicted octanol–water partition coefficient (Wildman–Crippen LogP) is 4.21. The molecule has 8 heteroatoms. The smallest absolute Gasteiger partial charge is 0.274 e. The van der Waals surface area contributed by atoms with E-state index in [1.165, 1.54) is 0 Å². The first-order valence-corrected chi connectivity index (χ1v) is 9.04. The van der Waals surface area contributed by atoms with Gasteiger partial charge in [0.25, 0.3) is 5.91 Å². The lowest BCUT2D eigenvalue weighted by atomic mass is 10.2. The zero-order chi connectivity index (χ0) is 19.5. The van der Waals surface area contributed by atoms with Crippen LogP contribution in [-0.2, 0) is 0 Å². The summed E-state index contributed by atoms with van der Waals surface area (Å²) in [4.78, 5) is 21.3. The maximum Gasteiger partial charge on any atom is 0.274 e. The van der Waals surface area contributed by atoms with Crippen molar-refractivity contribution in [3.63, 3.8) is 0 Å². The van der Waals surface area contributed by atoms with Crippen LogP contribution < -0.4 is 20.1 Å². The number of nitrogens with one attached hydrogen (secondary N) is 2. The van der Waals surface area contributed by atoms with Gasteiger partial charge in [-0.15, -0.1) is 0 Å². The molecule has 0 saturated heterocycles. The van der Waals surface area contributed by atoms with Crippen LogP contribution in [0, 0.1) is 6.92 Å². The minimum Gasteiger partial charge on any atom is -0.486 e. The highest BCUT2D eigenvalue weighted by Crippen LogP contribution is 2.32. The van der Waals surface area contributed by atoms with Crippen LogP contribution in [0.3, 0.4) is 0 Å². The predicted molar refractivity (Wildman–Crippen MR) is 107 cm³/mol. The summed E-state index contributed by atoms with van der Waals surface area (Å²) < 4.78 is 11.0. The van der Waals surface area contributed by atoms with Gasteiger partial charge in [0.1, 0.15) is 18.9 Å². The van der Waals surface area contributed by atoms with Gasteiger partial charge in [0.2, 0.25) is 5.95 Å². The highest BCUT2D eigenvalue weighted by molar-refractivity contribution is 6.33. The highest BCUT2D eigenvalue weighted by atomic mass is 35.5. The summed E-state index contributed by atoms with van der Waals surface area (Å²) in [6.45, 7) is 2.78. The summed E-state index contributed by atoms with van der Waals surface area (Å²) in [5.41, 5.74) is 2.13. The van der Waals surface area contributed by atoms with Crippen molar-refractivity contribution < 1.29 is 14.3 Å². The molecule has 0 spiro atoms. The maximum atomic E-state index is 12.7. The molecule has 28 heavy (non-hydrogen) atoms. The van der Waals surface area contributed by atoms with Crippen LogP contribution in [-0.4, -0.2) is 29.1 Å². The van der Waals surface area contributed by atoms with Gasteiger partial charge in [-0.1, -0.05) is 23.7 Å². The second kappa shape index (κ2) is 7.74. The van der Waals surface area contributed by atoms with Crippen molar-refractivity contribution in [2.75, 3.05) is 23.8 Å². The first kappa shape index (κ1) is 18.1. The number of fused-ring (bicyclic) bond motifs is 1. The molecule has 0 radical (unpaired) electrons. The Bertz CT molecular complexity index is 1040. The Morgan fingerprint density at radius 1 is 1.04 bits per heavy atom. The molecule has 0 atom stereocenters. The number of hydrogen-bond acceptors (Lipinski definition) is 6. The Balaban J connectivity index is 1.54. The van der Waals surface area contributed by atoms with Crippen LogP contribution in [0.2, 0.25) is 5.02 Å². The molecular weight excluding hydrogens is 380 g/mol. The maximum absolute atomic E-state index is 12.7. The van der Waals surface area contributed by atoms with Gasteiger partial charge in [-0.05, 0) is 37.3 Å². The molecule has 0 saturated carbocycles. The van der Waals surface area contributed by atoms with Gasteiger partial charge >= 0.3 is 0 Å². The average molecular weight is 397 g/mol. The standard InChI is InChI=1S/C20H17ClN4O3/c1-12-10-16(25-20(22-12)24-15-5-3-2-4-14(15)21)19(26)23-13-6-7-17-18(11-13)28-9-8-27-17/h2-7,10-11H,8-9H2,1H3,(H,23,26)(H,22,24,25). The lowest BCUT2D eigenvalue weighted by molar-refractivity contribution is 0.102. The van der Waals surface area contributed by atoms with Crippen LogP contribution in [0.15, 0.2) is 48.5 Å². The number of benzene rings is 2. The fourth-order valence-electron chi connectivity index (χ4n) is 2.74. The Labute approximate surface area is 166 Å². The number of para-hydroxylation sites is 1. The molecule has 1 aliphatic rings. The topological polar surface area (TPSA) is 85.4 Å². The summed E-state index contributed by atoms with van der Waals surface area (Å²) in [7, 11) is 0. The average Bonchev–Trinajstić information content (AvgIpc) is 2.69. The quantitative estimate of drug-likeness (QED) is 0.687. The molecule has 2 aromatic carbocycles. The number of amides is 1. The van der Waals surface area contributed by atoms with Gasteiger partial charge in [-0.3, -0.25) is 4.79 Å². The molecule has 1 amide bonds. The van der Waals surface area contributed by atoms with E-state index in [0.717, 1.165) is 0 Å². The summed E-state index contributed by atoms with van der Waals surface area (Å²) in [6.07, 6.45) is 0. The molecule has 142 valence electrons. The number of ether oxygens (including phenoxy) is 2. The fourth-order valence-corrected chi connectivity index (χ4v) is 2.92. The third-order valence-corrected chi connectivity index (χ3v) is 4.34. The fraction of sp³-hybridized carbons (Fsp3) is 0.150. The van der Waals surface area contributed by atoms with E-state index in [2.05, 4.69) is 20.6 Å². The van der Waals surface area contributed by atoms with Crippen molar-refractivity contribution in [3.8, 4) is 11.5 Å². The van der Waals surface area contributed by atoms with Crippen molar-refractivity contribution in [1.82, 2.24) is 9.97 Å². The van der Waals surface area contributed by atoms with E-state index in [1.54, 1.807) is 37.3 Å². The summed E-state index contributed by atoms with van der Waals surface area (Å²) in [6, 6.07) is 14.1. The molecule has 0 aliphatic carbocycles. The molecule has 3 aromatic rings. The Morgan fingerprint density at radius 3 is 2.64 bits per heavy atom. The van der Waals surface area contributed by atoms with Crippen molar-refractivity contribution in [1.29, 1.82) is 0 Å². The monoisotopic (exact) mass is 396 g/mol. The molecule has 1 aromatic heterocycles. The summed E-state index contributed by atoms with van der Waals surface area (Å²) in [5.74, 6) is 1.20. The van der Waals surface area contributed by atoms with E-state index < -0.39 is 0 Å². The van der Waals surface area contributed by atoms with E-state index in [-0.39, 0.29) is 11.6 Å². The first-order valence-electron chi connectivity index (χ1n) is 8.67. The molecule has 1 aliphatic heterocycles. The zero-order valence-corrected chi connectivity index (χ0v) is 15.8. The highest BCUT2D eigenvalue weighted by Gasteiger charge is 2.15. The summed E-state index contributed by atoms with van der Waals surface area (Å²) in [5, 5.41) is 6.40. The number of aromatic nitrogens is 2. The Kier molecular flexibility index (Phi) is 4.99. The number of nitrogens with zero attached hydrogens (tertiary/aromatic N) is 2. The normalized spacial score (nSPS) is 12.4. The third kappa shape index (κ3) is 3.99. The molecule has 0 bridgehead atoms. The molecule has 0 unspecified atom stereocenters. The van der Waals surface area contributed by atoms with Crippen molar-refractivity contribution in [2.24, 2.45) is 0 Å². The largest absolute Gasteiger partial charge is 0.486 e. The van der Waals surface area contributed by atoms with Gasteiger partial charge in [0, 0.05) is 17.4 Å². The molecular formula is C20H17ClN4O3. The minimum atomic E-state index is -0.357. The third-order valence-electron chi connectivity index (χ3n) is 4.01. The van der Waals surface area contributed by atoms with E-state index >= 15 is 0 Å². The van der Waals surface area contributed by atoms with Crippen LogP contribution in [0.4, 0.5) is 17.3 Å². The molecule has 2 N–H and O–H groups in total. The van der Waals surface area contributed by atoms with Crippen molar-refractivity contribution >= 4 is 34.8 Å².